The van der Waals surface area contributed by atoms with Gasteiger partial charge in [0, 0.05) is 42.5 Å². The molecule has 1 aliphatic rings. The van der Waals surface area contributed by atoms with E-state index in [-0.39, 0.29) is 35.2 Å². The number of benzene rings is 1. The molecule has 0 saturated heterocycles. The lowest BCUT2D eigenvalue weighted by Crippen LogP contribution is -2.38. The van der Waals surface area contributed by atoms with Gasteiger partial charge in [0.1, 0.15) is 5.78 Å². The summed E-state index contributed by atoms with van der Waals surface area (Å²) in [5.74, 6) is -3.87. The number of rotatable bonds is 7. The molecule has 31 heavy (non-hydrogen) atoms. The maximum Gasteiger partial charge on any atom is 0.287 e. The van der Waals surface area contributed by atoms with Gasteiger partial charge in [-0.3, -0.25) is 14.4 Å². The van der Waals surface area contributed by atoms with Crippen LogP contribution in [-0.2, 0) is 37.1 Å². The smallest absolute Gasteiger partial charge is 0.287 e. The second-order valence-electron chi connectivity index (χ2n) is 8.11. The van der Waals surface area contributed by atoms with Crippen molar-refractivity contribution in [3.05, 3.63) is 46.4 Å². The summed E-state index contributed by atoms with van der Waals surface area (Å²) in [6, 6.07) is 8.02. The van der Waals surface area contributed by atoms with Gasteiger partial charge in [-0.25, -0.2) is 13.4 Å². The molecule has 0 saturated carbocycles. The monoisotopic (exact) mass is 462 g/mol. The Morgan fingerprint density at radius 3 is 2.61 bits per heavy atom. The number of nitrogens with one attached hydrogen (secondary N) is 1. The average molecular weight is 463 g/mol. The number of sulfone groups is 1. The van der Waals surface area contributed by atoms with Gasteiger partial charge in [0.15, 0.2) is 9.84 Å². The third-order valence-corrected chi connectivity index (χ3v) is 8.29. The summed E-state index contributed by atoms with van der Waals surface area (Å²) in [7, 11) is -3.67. The molecule has 1 aliphatic heterocycles. The molecule has 7 nitrogen and oxygen atoms in total. The number of nitrogens with zero attached hydrogens (tertiary/aromatic N) is 1. The highest BCUT2D eigenvalue weighted by atomic mass is 32.2. The van der Waals surface area contributed by atoms with Crippen LogP contribution in [-0.4, -0.2) is 43.2 Å². The van der Waals surface area contributed by atoms with Crippen molar-refractivity contribution >= 4 is 38.6 Å². The van der Waals surface area contributed by atoms with E-state index < -0.39 is 33.4 Å². The molecule has 2 unspecified atom stereocenters. The average Bonchev–Trinajstić information content (AvgIpc) is 3.18. The number of carbonyl (C=O) groups is 3. The highest BCUT2D eigenvalue weighted by Crippen LogP contribution is 2.26. The van der Waals surface area contributed by atoms with Crippen molar-refractivity contribution in [1.82, 2.24) is 10.3 Å². The molecule has 0 spiro atoms. The Morgan fingerprint density at radius 1 is 1.23 bits per heavy atom. The number of fused-ring (bicyclic) bond motifs is 1. The highest BCUT2D eigenvalue weighted by Gasteiger charge is 2.35. The van der Waals surface area contributed by atoms with E-state index in [0.717, 1.165) is 10.6 Å². The first-order valence-electron chi connectivity index (χ1n) is 10.2. The number of ketones is 2. The van der Waals surface area contributed by atoms with Gasteiger partial charge in [-0.05, 0) is 18.1 Å². The van der Waals surface area contributed by atoms with Crippen molar-refractivity contribution in [3.63, 3.8) is 0 Å². The fraction of sp³-hybridized carbons (Fsp3) is 0.455. The highest BCUT2D eigenvalue weighted by molar-refractivity contribution is 7.91. The SMILES string of the molecule is CC(C)C(CS(=O)(=O)c1ccccc1)C(=O)CC1Cc2ncsc2CCNC(=O)C1=O. The summed E-state index contributed by atoms with van der Waals surface area (Å²) < 4.78 is 25.7. The Bertz CT molecular complexity index is 1060. The van der Waals surface area contributed by atoms with E-state index in [9.17, 15) is 22.8 Å². The van der Waals surface area contributed by atoms with Gasteiger partial charge < -0.3 is 5.32 Å². The Balaban J connectivity index is 1.82. The first-order chi connectivity index (χ1) is 14.7. The fourth-order valence-electron chi connectivity index (χ4n) is 3.73. The molecular formula is C22H26N2O5S2. The normalized spacial score (nSPS) is 18.5. The zero-order chi connectivity index (χ0) is 22.6. The van der Waals surface area contributed by atoms with Gasteiger partial charge in [-0.1, -0.05) is 32.0 Å². The zero-order valence-corrected chi connectivity index (χ0v) is 19.2. The number of aromatic nitrogens is 1. The minimum atomic E-state index is -3.67. The summed E-state index contributed by atoms with van der Waals surface area (Å²) in [6.45, 7) is 3.92. The number of Topliss-reactive ketones (excluding diaryl/α,β-unsaturated/α-hetero) is 2. The van der Waals surface area contributed by atoms with Crippen LogP contribution in [0.15, 0.2) is 40.7 Å². The zero-order valence-electron chi connectivity index (χ0n) is 17.5. The van der Waals surface area contributed by atoms with Crippen molar-refractivity contribution in [2.45, 2.75) is 38.0 Å². The Morgan fingerprint density at radius 2 is 1.94 bits per heavy atom. The summed E-state index contributed by atoms with van der Waals surface area (Å²) in [4.78, 5) is 43.6. The van der Waals surface area contributed by atoms with Gasteiger partial charge in [-0.15, -0.1) is 11.3 Å². The fourth-order valence-corrected chi connectivity index (χ4v) is 6.34. The third-order valence-electron chi connectivity index (χ3n) is 5.56. The predicted octanol–water partition coefficient (Wildman–Crippen LogP) is 2.25. The van der Waals surface area contributed by atoms with Gasteiger partial charge in [-0.2, -0.15) is 0 Å². The molecule has 9 heteroatoms. The van der Waals surface area contributed by atoms with E-state index in [1.807, 2.05) is 0 Å². The van der Waals surface area contributed by atoms with Gasteiger partial charge in [0.05, 0.1) is 21.9 Å². The maximum atomic E-state index is 13.2. The van der Waals surface area contributed by atoms with E-state index >= 15 is 0 Å². The van der Waals surface area contributed by atoms with E-state index in [4.69, 9.17) is 0 Å². The molecule has 2 atom stereocenters. The number of hydrogen-bond donors (Lipinski definition) is 1. The molecule has 2 aromatic rings. The minimum absolute atomic E-state index is 0.165. The van der Waals surface area contributed by atoms with Crippen molar-refractivity contribution in [3.8, 4) is 0 Å². The van der Waals surface area contributed by atoms with Crippen LogP contribution in [0, 0.1) is 17.8 Å². The van der Waals surface area contributed by atoms with Crippen LogP contribution in [0.1, 0.15) is 30.8 Å². The van der Waals surface area contributed by atoms with Crippen molar-refractivity contribution < 1.29 is 22.8 Å². The molecule has 166 valence electrons. The minimum Gasteiger partial charge on any atom is -0.349 e. The summed E-state index contributed by atoms with van der Waals surface area (Å²) in [5.41, 5.74) is 2.42. The lowest BCUT2D eigenvalue weighted by Gasteiger charge is -2.22. The Kier molecular flexibility index (Phi) is 7.38. The third kappa shape index (κ3) is 5.65. The second-order valence-corrected chi connectivity index (χ2v) is 11.1. The molecule has 1 aromatic carbocycles. The topological polar surface area (TPSA) is 110 Å². The van der Waals surface area contributed by atoms with Crippen LogP contribution in [0.3, 0.4) is 0 Å². The molecule has 0 bridgehead atoms. The van der Waals surface area contributed by atoms with Crippen LogP contribution in [0.4, 0.5) is 0 Å². The van der Waals surface area contributed by atoms with E-state index in [1.54, 1.807) is 37.6 Å². The van der Waals surface area contributed by atoms with E-state index in [2.05, 4.69) is 10.3 Å². The lowest BCUT2D eigenvalue weighted by molar-refractivity contribution is -0.141. The molecule has 3 rings (SSSR count). The molecule has 0 radical (unpaired) electrons. The largest absolute Gasteiger partial charge is 0.349 e. The summed E-state index contributed by atoms with van der Waals surface area (Å²) >= 11 is 1.46. The predicted molar refractivity (Wildman–Crippen MR) is 117 cm³/mol. The van der Waals surface area contributed by atoms with Crippen molar-refractivity contribution in [1.29, 1.82) is 0 Å². The van der Waals surface area contributed by atoms with Crippen molar-refractivity contribution in [2.75, 3.05) is 12.3 Å². The summed E-state index contributed by atoms with van der Waals surface area (Å²) in [5, 5.41) is 2.60. The molecule has 1 N–H and O–H groups in total. The van der Waals surface area contributed by atoms with Gasteiger partial charge >= 0.3 is 0 Å². The first kappa shape index (κ1) is 23.3. The van der Waals surface area contributed by atoms with Crippen LogP contribution in [0.5, 0.6) is 0 Å². The van der Waals surface area contributed by atoms with Crippen LogP contribution in [0.2, 0.25) is 0 Å². The molecular weight excluding hydrogens is 436 g/mol. The lowest BCUT2D eigenvalue weighted by atomic mass is 9.84. The number of hydrogen-bond acceptors (Lipinski definition) is 7. The quantitative estimate of drug-likeness (QED) is 0.632. The maximum absolute atomic E-state index is 13.2. The van der Waals surface area contributed by atoms with Crippen LogP contribution >= 0.6 is 11.3 Å². The molecule has 0 fully saturated rings. The van der Waals surface area contributed by atoms with Gasteiger partial charge in [0.2, 0.25) is 5.78 Å². The molecule has 1 aromatic heterocycles. The number of thiazole rings is 1. The standard InChI is InChI=1S/C22H26N2O5S2/c1-14(2)17(12-31(28,29)16-6-4-3-5-7-16)19(25)11-15-10-18-20(30-13-24-18)8-9-23-22(27)21(15)26/h3-7,13-15,17H,8-12H2,1-2H3,(H,23,27). The molecule has 2 heterocycles. The van der Waals surface area contributed by atoms with Crippen LogP contribution < -0.4 is 5.32 Å². The Labute approximate surface area is 186 Å². The molecule has 1 amide bonds. The van der Waals surface area contributed by atoms with E-state index in [0.29, 0.717) is 13.0 Å². The van der Waals surface area contributed by atoms with Gasteiger partial charge in [0.25, 0.3) is 5.91 Å². The molecule has 0 aliphatic carbocycles. The van der Waals surface area contributed by atoms with Crippen molar-refractivity contribution in [2.24, 2.45) is 17.8 Å². The number of amides is 1. The van der Waals surface area contributed by atoms with E-state index in [1.165, 1.54) is 23.5 Å². The number of carbonyl (C=O) groups excluding carboxylic acids is 3. The van der Waals surface area contributed by atoms with Crippen LogP contribution in [0.25, 0.3) is 0 Å². The Hall–Kier alpha value is -2.39. The first-order valence-corrected chi connectivity index (χ1v) is 12.8. The summed E-state index contributed by atoms with van der Waals surface area (Å²) in [6.07, 6.45) is 0.604. The second kappa shape index (κ2) is 9.82.